The summed E-state index contributed by atoms with van der Waals surface area (Å²) in [6.07, 6.45) is 3.89. The predicted molar refractivity (Wildman–Crippen MR) is 71.1 cm³/mol. The molecular weight excluding hydrogens is 228 g/mol. The molecule has 0 saturated carbocycles. The molecule has 1 saturated heterocycles. The van der Waals surface area contributed by atoms with Crippen LogP contribution in [0.25, 0.3) is 0 Å². The SMILES string of the molecule is CC(=O)c1ccc(N(C)CC2CCOCC2)nc1. The number of rotatable bonds is 4. The topological polar surface area (TPSA) is 42.4 Å². The summed E-state index contributed by atoms with van der Waals surface area (Å²) in [5, 5.41) is 0. The number of aromatic nitrogens is 1. The zero-order valence-electron chi connectivity index (χ0n) is 11.1. The van der Waals surface area contributed by atoms with Crippen LogP contribution in [0.5, 0.6) is 0 Å². The van der Waals surface area contributed by atoms with Crippen molar-refractivity contribution in [3.8, 4) is 0 Å². The highest BCUT2D eigenvalue weighted by Gasteiger charge is 2.16. The summed E-state index contributed by atoms with van der Waals surface area (Å²) >= 11 is 0. The summed E-state index contributed by atoms with van der Waals surface area (Å²) in [5.41, 5.74) is 0.665. The van der Waals surface area contributed by atoms with E-state index in [2.05, 4.69) is 9.88 Å². The van der Waals surface area contributed by atoms with Gasteiger partial charge in [0.2, 0.25) is 0 Å². The maximum absolute atomic E-state index is 11.2. The zero-order valence-corrected chi connectivity index (χ0v) is 11.1. The van der Waals surface area contributed by atoms with Gasteiger partial charge in [-0.05, 0) is 37.8 Å². The van der Waals surface area contributed by atoms with Gasteiger partial charge < -0.3 is 9.64 Å². The largest absolute Gasteiger partial charge is 0.381 e. The lowest BCUT2D eigenvalue weighted by Crippen LogP contribution is -2.30. The molecule has 1 aliphatic rings. The van der Waals surface area contributed by atoms with Crippen molar-refractivity contribution < 1.29 is 9.53 Å². The highest BCUT2D eigenvalue weighted by molar-refractivity contribution is 5.93. The van der Waals surface area contributed by atoms with Gasteiger partial charge in [0.25, 0.3) is 0 Å². The van der Waals surface area contributed by atoms with E-state index in [4.69, 9.17) is 4.74 Å². The third-order valence-corrected chi connectivity index (χ3v) is 3.42. The van der Waals surface area contributed by atoms with Gasteiger partial charge in [-0.3, -0.25) is 4.79 Å². The molecule has 4 nitrogen and oxygen atoms in total. The Balaban J connectivity index is 1.95. The van der Waals surface area contributed by atoms with Gasteiger partial charge in [-0.1, -0.05) is 0 Å². The minimum absolute atomic E-state index is 0.0566. The van der Waals surface area contributed by atoms with Crippen molar-refractivity contribution in [3.63, 3.8) is 0 Å². The van der Waals surface area contributed by atoms with Crippen LogP contribution in [0.1, 0.15) is 30.1 Å². The predicted octanol–water partition coefficient (Wildman–Crippen LogP) is 2.15. The number of anilines is 1. The molecule has 0 unspecified atom stereocenters. The first-order valence-corrected chi connectivity index (χ1v) is 6.42. The lowest BCUT2D eigenvalue weighted by atomic mass is 10.00. The van der Waals surface area contributed by atoms with Crippen molar-refractivity contribution in [2.24, 2.45) is 5.92 Å². The smallest absolute Gasteiger partial charge is 0.161 e. The van der Waals surface area contributed by atoms with Crippen LogP contribution in [0, 0.1) is 5.92 Å². The fraction of sp³-hybridized carbons (Fsp3) is 0.571. The van der Waals surface area contributed by atoms with Crippen molar-refractivity contribution in [2.45, 2.75) is 19.8 Å². The lowest BCUT2D eigenvalue weighted by Gasteiger charge is -2.27. The van der Waals surface area contributed by atoms with Crippen LogP contribution in [0.4, 0.5) is 5.82 Å². The number of Topliss-reactive ketones (excluding diaryl/α,β-unsaturated/α-hetero) is 1. The number of pyridine rings is 1. The van der Waals surface area contributed by atoms with E-state index in [1.54, 1.807) is 13.1 Å². The Morgan fingerprint density at radius 2 is 2.17 bits per heavy atom. The average molecular weight is 248 g/mol. The first kappa shape index (κ1) is 13.0. The van der Waals surface area contributed by atoms with E-state index >= 15 is 0 Å². The minimum Gasteiger partial charge on any atom is -0.381 e. The van der Waals surface area contributed by atoms with Crippen molar-refractivity contribution in [2.75, 3.05) is 31.7 Å². The van der Waals surface area contributed by atoms with Crippen LogP contribution >= 0.6 is 0 Å². The molecule has 2 heterocycles. The van der Waals surface area contributed by atoms with Gasteiger partial charge >= 0.3 is 0 Å². The number of ketones is 1. The summed E-state index contributed by atoms with van der Waals surface area (Å²) in [6, 6.07) is 3.75. The van der Waals surface area contributed by atoms with Crippen LogP contribution in [0.3, 0.4) is 0 Å². The highest BCUT2D eigenvalue weighted by atomic mass is 16.5. The molecule has 0 aliphatic carbocycles. The molecule has 1 fully saturated rings. The average Bonchev–Trinajstić information content (AvgIpc) is 2.40. The molecule has 0 bridgehead atoms. The van der Waals surface area contributed by atoms with Crippen molar-refractivity contribution in [3.05, 3.63) is 23.9 Å². The van der Waals surface area contributed by atoms with Crippen LogP contribution in [0.2, 0.25) is 0 Å². The molecule has 0 aromatic carbocycles. The molecule has 18 heavy (non-hydrogen) atoms. The molecule has 2 rings (SSSR count). The number of carbonyl (C=O) groups excluding carboxylic acids is 1. The summed E-state index contributed by atoms with van der Waals surface area (Å²) in [4.78, 5) is 17.7. The summed E-state index contributed by atoms with van der Waals surface area (Å²) in [7, 11) is 2.05. The van der Waals surface area contributed by atoms with Crippen molar-refractivity contribution in [1.82, 2.24) is 4.98 Å². The standard InChI is InChI=1S/C14H20N2O2/c1-11(17)13-3-4-14(15-9-13)16(2)10-12-5-7-18-8-6-12/h3-4,9,12H,5-8,10H2,1-2H3. The van der Waals surface area contributed by atoms with E-state index in [0.717, 1.165) is 38.4 Å². The first-order chi connectivity index (χ1) is 8.66. The zero-order chi connectivity index (χ0) is 13.0. The third kappa shape index (κ3) is 3.29. The van der Waals surface area contributed by atoms with Crippen LogP contribution in [-0.4, -0.2) is 37.6 Å². The van der Waals surface area contributed by atoms with Gasteiger partial charge in [0, 0.05) is 38.6 Å². The number of carbonyl (C=O) groups is 1. The molecular formula is C14H20N2O2. The Kier molecular flexibility index (Phi) is 4.31. The second-order valence-corrected chi connectivity index (χ2v) is 4.90. The molecule has 98 valence electrons. The van der Waals surface area contributed by atoms with Crippen molar-refractivity contribution in [1.29, 1.82) is 0 Å². The summed E-state index contributed by atoms with van der Waals surface area (Å²) in [5.74, 6) is 1.66. The second-order valence-electron chi connectivity index (χ2n) is 4.90. The first-order valence-electron chi connectivity index (χ1n) is 6.42. The maximum Gasteiger partial charge on any atom is 0.161 e. The Morgan fingerprint density at radius 1 is 1.44 bits per heavy atom. The fourth-order valence-electron chi connectivity index (χ4n) is 2.23. The highest BCUT2D eigenvalue weighted by Crippen LogP contribution is 2.18. The van der Waals surface area contributed by atoms with E-state index in [1.807, 2.05) is 19.2 Å². The minimum atomic E-state index is 0.0566. The van der Waals surface area contributed by atoms with Gasteiger partial charge in [0.15, 0.2) is 5.78 Å². The number of hydrogen-bond acceptors (Lipinski definition) is 4. The van der Waals surface area contributed by atoms with Gasteiger partial charge in [-0.15, -0.1) is 0 Å². The summed E-state index contributed by atoms with van der Waals surface area (Å²) in [6.45, 7) is 4.29. The van der Waals surface area contributed by atoms with E-state index in [0.29, 0.717) is 11.5 Å². The quantitative estimate of drug-likeness (QED) is 0.766. The number of nitrogens with zero attached hydrogens (tertiary/aromatic N) is 2. The van der Waals surface area contributed by atoms with Crippen LogP contribution in [-0.2, 0) is 4.74 Å². The molecule has 4 heteroatoms. The molecule has 0 atom stereocenters. The molecule has 0 radical (unpaired) electrons. The van der Waals surface area contributed by atoms with E-state index in [1.165, 1.54) is 0 Å². The molecule has 0 spiro atoms. The maximum atomic E-state index is 11.2. The molecule has 1 aromatic heterocycles. The van der Waals surface area contributed by atoms with Gasteiger partial charge in [-0.2, -0.15) is 0 Å². The Bertz CT molecular complexity index is 397. The van der Waals surface area contributed by atoms with Gasteiger partial charge in [-0.25, -0.2) is 4.98 Å². The van der Waals surface area contributed by atoms with E-state index < -0.39 is 0 Å². The number of hydrogen-bond donors (Lipinski definition) is 0. The normalized spacial score (nSPS) is 16.6. The van der Waals surface area contributed by atoms with Crippen LogP contribution in [0.15, 0.2) is 18.3 Å². The Hall–Kier alpha value is -1.42. The van der Waals surface area contributed by atoms with Gasteiger partial charge in [0.1, 0.15) is 5.82 Å². The van der Waals surface area contributed by atoms with Crippen molar-refractivity contribution >= 4 is 11.6 Å². The monoisotopic (exact) mass is 248 g/mol. The molecule has 0 N–H and O–H groups in total. The van der Waals surface area contributed by atoms with Gasteiger partial charge in [0.05, 0.1) is 0 Å². The third-order valence-electron chi connectivity index (χ3n) is 3.42. The molecule has 1 aromatic rings. The van der Waals surface area contributed by atoms with E-state index in [-0.39, 0.29) is 5.78 Å². The molecule has 1 aliphatic heterocycles. The second kappa shape index (κ2) is 5.96. The fourth-order valence-corrected chi connectivity index (χ4v) is 2.23. The summed E-state index contributed by atoms with van der Waals surface area (Å²) < 4.78 is 5.36. The van der Waals surface area contributed by atoms with E-state index in [9.17, 15) is 4.79 Å². The number of ether oxygens (including phenoxy) is 1. The Labute approximate surface area is 108 Å². The van der Waals surface area contributed by atoms with Crippen LogP contribution < -0.4 is 4.90 Å². The molecule has 0 amide bonds. The lowest BCUT2D eigenvalue weighted by molar-refractivity contribution is 0.0685. The Morgan fingerprint density at radius 3 is 2.72 bits per heavy atom.